The van der Waals surface area contributed by atoms with Gasteiger partial charge in [0.2, 0.25) is 0 Å². The molecule has 2 aromatic carbocycles. The van der Waals surface area contributed by atoms with Gasteiger partial charge in [-0.15, -0.1) is 0 Å². The highest BCUT2D eigenvalue weighted by molar-refractivity contribution is 6.46. The van der Waals surface area contributed by atoms with E-state index in [-0.39, 0.29) is 17.9 Å². The van der Waals surface area contributed by atoms with Gasteiger partial charge in [0.1, 0.15) is 11.6 Å². The molecule has 0 aromatic heterocycles. The number of carbonyl (C=O) groups is 2. The molecule has 1 fully saturated rings. The number of hydrogen-bond donors (Lipinski definition) is 1. The van der Waals surface area contributed by atoms with Crippen molar-refractivity contribution in [1.82, 2.24) is 9.80 Å². The lowest BCUT2D eigenvalue weighted by molar-refractivity contribution is -0.140. The highest BCUT2D eigenvalue weighted by Gasteiger charge is 2.45. The molecule has 27 heavy (non-hydrogen) atoms. The van der Waals surface area contributed by atoms with Crippen molar-refractivity contribution in [2.45, 2.75) is 6.04 Å². The zero-order chi connectivity index (χ0) is 19.6. The number of aliphatic hydroxyl groups excluding tert-OH is 1. The molecule has 140 valence electrons. The van der Waals surface area contributed by atoms with Gasteiger partial charge in [-0.1, -0.05) is 42.5 Å². The van der Waals surface area contributed by atoms with Crippen LogP contribution >= 0.6 is 0 Å². The Balaban J connectivity index is 2.15. The predicted octanol–water partition coefficient (Wildman–Crippen LogP) is 2.81. The normalized spacial score (nSPS) is 19.1. The van der Waals surface area contributed by atoms with Crippen LogP contribution in [-0.2, 0) is 9.59 Å². The monoisotopic (exact) mass is 368 g/mol. The van der Waals surface area contributed by atoms with Crippen molar-refractivity contribution >= 4 is 17.4 Å². The number of likely N-dealkylation sites (tertiary alicyclic amines) is 1. The molecule has 1 saturated heterocycles. The quantitative estimate of drug-likeness (QED) is 0.501. The van der Waals surface area contributed by atoms with Crippen molar-refractivity contribution < 1.29 is 19.1 Å². The summed E-state index contributed by atoms with van der Waals surface area (Å²) in [6.07, 6.45) is 0. The molecule has 1 aliphatic heterocycles. The number of likely N-dealkylation sites (N-methyl/N-ethyl adjacent to an activating group) is 1. The minimum Gasteiger partial charge on any atom is -0.507 e. The van der Waals surface area contributed by atoms with E-state index in [9.17, 15) is 19.1 Å². The van der Waals surface area contributed by atoms with Gasteiger partial charge in [0, 0.05) is 18.7 Å². The molecular weight excluding hydrogens is 347 g/mol. The number of hydrogen-bond acceptors (Lipinski definition) is 4. The largest absolute Gasteiger partial charge is 0.507 e. The zero-order valence-corrected chi connectivity index (χ0v) is 15.2. The number of carbonyl (C=O) groups excluding carboxylic acids is 2. The molecule has 2 aromatic rings. The summed E-state index contributed by atoms with van der Waals surface area (Å²) in [6, 6.07) is 13.5. The SMILES string of the molecule is CN(C)CCN1C(=O)C(=O)/C(=C(/O)c2ccccc2)[C@H]1c1cccc(F)c1. The zero-order valence-electron chi connectivity index (χ0n) is 15.2. The number of rotatable bonds is 5. The first-order chi connectivity index (χ1) is 12.9. The van der Waals surface area contributed by atoms with Crippen LogP contribution in [-0.4, -0.2) is 53.8 Å². The van der Waals surface area contributed by atoms with Crippen LogP contribution in [0.4, 0.5) is 4.39 Å². The van der Waals surface area contributed by atoms with Crippen molar-refractivity contribution in [2.75, 3.05) is 27.2 Å². The van der Waals surface area contributed by atoms with Gasteiger partial charge in [0.15, 0.2) is 0 Å². The maximum absolute atomic E-state index is 13.8. The molecule has 0 bridgehead atoms. The second-order valence-electron chi connectivity index (χ2n) is 6.72. The third-order valence-corrected chi connectivity index (χ3v) is 4.54. The predicted molar refractivity (Wildman–Crippen MR) is 100 cm³/mol. The number of ketones is 1. The fourth-order valence-electron chi connectivity index (χ4n) is 3.19. The maximum Gasteiger partial charge on any atom is 0.295 e. The fourth-order valence-corrected chi connectivity index (χ4v) is 3.19. The molecule has 1 amide bonds. The van der Waals surface area contributed by atoms with Crippen LogP contribution in [0.2, 0.25) is 0 Å². The van der Waals surface area contributed by atoms with Crippen LogP contribution in [0.25, 0.3) is 5.76 Å². The van der Waals surface area contributed by atoms with E-state index in [1.807, 2.05) is 19.0 Å². The van der Waals surface area contributed by atoms with E-state index in [0.717, 1.165) is 0 Å². The number of nitrogens with zero attached hydrogens (tertiary/aromatic N) is 2. The van der Waals surface area contributed by atoms with Gasteiger partial charge in [0.05, 0.1) is 11.6 Å². The minimum absolute atomic E-state index is 0.0180. The summed E-state index contributed by atoms with van der Waals surface area (Å²) in [6.45, 7) is 0.814. The fraction of sp³-hybridized carbons (Fsp3) is 0.238. The lowest BCUT2D eigenvalue weighted by atomic mass is 9.95. The average Bonchev–Trinajstić information content (AvgIpc) is 2.91. The van der Waals surface area contributed by atoms with E-state index >= 15 is 0 Å². The van der Waals surface area contributed by atoms with E-state index in [1.54, 1.807) is 36.4 Å². The van der Waals surface area contributed by atoms with Gasteiger partial charge < -0.3 is 14.9 Å². The Morgan fingerprint density at radius 3 is 2.44 bits per heavy atom. The lowest BCUT2D eigenvalue weighted by Gasteiger charge is -2.26. The van der Waals surface area contributed by atoms with E-state index in [0.29, 0.717) is 17.7 Å². The van der Waals surface area contributed by atoms with Crippen LogP contribution < -0.4 is 0 Å². The summed E-state index contributed by atoms with van der Waals surface area (Å²) in [5.74, 6) is -2.17. The molecule has 1 atom stereocenters. The Hall–Kier alpha value is -2.99. The highest BCUT2D eigenvalue weighted by Crippen LogP contribution is 2.39. The maximum atomic E-state index is 13.8. The Bertz CT molecular complexity index is 893. The summed E-state index contributed by atoms with van der Waals surface area (Å²) in [5.41, 5.74) is 0.866. The molecule has 0 aliphatic carbocycles. The topological polar surface area (TPSA) is 60.9 Å². The average molecular weight is 368 g/mol. The van der Waals surface area contributed by atoms with E-state index in [4.69, 9.17) is 0 Å². The lowest BCUT2D eigenvalue weighted by Crippen LogP contribution is -2.35. The first-order valence-corrected chi connectivity index (χ1v) is 8.64. The molecular formula is C21H21FN2O3. The van der Waals surface area contributed by atoms with Crippen LogP contribution in [0.15, 0.2) is 60.2 Å². The highest BCUT2D eigenvalue weighted by atomic mass is 19.1. The molecule has 1 N–H and O–H groups in total. The first-order valence-electron chi connectivity index (χ1n) is 8.64. The van der Waals surface area contributed by atoms with Gasteiger partial charge >= 0.3 is 0 Å². The van der Waals surface area contributed by atoms with Gasteiger partial charge in [0.25, 0.3) is 11.7 Å². The minimum atomic E-state index is -0.833. The molecule has 0 unspecified atom stereocenters. The Kier molecular flexibility index (Phi) is 5.37. The van der Waals surface area contributed by atoms with Crippen molar-refractivity contribution in [1.29, 1.82) is 0 Å². The third-order valence-electron chi connectivity index (χ3n) is 4.54. The molecule has 1 aliphatic rings. The molecule has 6 heteroatoms. The number of halogens is 1. The molecule has 5 nitrogen and oxygen atoms in total. The summed E-state index contributed by atoms with van der Waals surface area (Å²) in [7, 11) is 3.72. The van der Waals surface area contributed by atoms with E-state index in [2.05, 4.69) is 0 Å². The van der Waals surface area contributed by atoms with E-state index in [1.165, 1.54) is 23.1 Å². The smallest absolute Gasteiger partial charge is 0.295 e. The third kappa shape index (κ3) is 3.75. The molecule has 0 saturated carbocycles. The molecule has 0 radical (unpaired) electrons. The van der Waals surface area contributed by atoms with Crippen molar-refractivity contribution in [2.24, 2.45) is 0 Å². The summed E-state index contributed by atoms with van der Waals surface area (Å²) < 4.78 is 13.8. The van der Waals surface area contributed by atoms with Crippen LogP contribution in [0.1, 0.15) is 17.2 Å². The summed E-state index contributed by atoms with van der Waals surface area (Å²) >= 11 is 0. The first kappa shape index (κ1) is 18.8. The Morgan fingerprint density at radius 2 is 1.81 bits per heavy atom. The Morgan fingerprint density at radius 1 is 1.11 bits per heavy atom. The van der Waals surface area contributed by atoms with Crippen LogP contribution in [0.5, 0.6) is 0 Å². The van der Waals surface area contributed by atoms with Gasteiger partial charge in [-0.25, -0.2) is 4.39 Å². The van der Waals surface area contributed by atoms with Crippen molar-refractivity contribution in [3.05, 3.63) is 77.1 Å². The van der Waals surface area contributed by atoms with Gasteiger partial charge in [-0.2, -0.15) is 0 Å². The van der Waals surface area contributed by atoms with Crippen molar-refractivity contribution in [3.63, 3.8) is 0 Å². The number of aliphatic hydroxyl groups is 1. The molecule has 1 heterocycles. The van der Waals surface area contributed by atoms with Crippen LogP contribution in [0, 0.1) is 5.82 Å². The number of amides is 1. The summed E-state index contributed by atoms with van der Waals surface area (Å²) in [4.78, 5) is 28.7. The summed E-state index contributed by atoms with van der Waals surface area (Å²) in [5, 5.41) is 10.8. The van der Waals surface area contributed by atoms with Gasteiger partial charge in [-0.05, 0) is 31.8 Å². The van der Waals surface area contributed by atoms with Crippen molar-refractivity contribution in [3.8, 4) is 0 Å². The Labute approximate surface area is 157 Å². The van der Waals surface area contributed by atoms with Crippen LogP contribution in [0.3, 0.4) is 0 Å². The second-order valence-corrected chi connectivity index (χ2v) is 6.72. The number of Topliss-reactive ketones (excluding diaryl/α,β-unsaturated/α-hetero) is 1. The second kappa shape index (κ2) is 7.72. The molecule has 3 rings (SSSR count). The molecule has 0 spiro atoms. The van der Waals surface area contributed by atoms with E-state index < -0.39 is 23.5 Å². The van der Waals surface area contributed by atoms with Gasteiger partial charge in [-0.3, -0.25) is 9.59 Å². The number of benzene rings is 2. The standard InChI is InChI=1S/C21H21FN2O3/c1-23(2)11-12-24-18(15-9-6-10-16(22)13-15)17(20(26)21(24)27)19(25)14-7-4-3-5-8-14/h3-10,13,18,25H,11-12H2,1-2H3/b19-17+/t18-/m1/s1.